The number of fused-ring (bicyclic) bond motifs is 2. The van der Waals surface area contributed by atoms with Crippen LogP contribution in [0, 0.1) is 0 Å². The van der Waals surface area contributed by atoms with E-state index in [4.69, 9.17) is 9.15 Å². The number of nitrogens with one attached hydrogen (secondary N) is 1. The van der Waals surface area contributed by atoms with E-state index in [2.05, 4.69) is 19.1 Å². The molecule has 3 heterocycles. The predicted molar refractivity (Wildman–Crippen MR) is 108 cm³/mol. The first-order chi connectivity index (χ1) is 14.0. The van der Waals surface area contributed by atoms with Crippen LogP contribution in [0.25, 0.3) is 11.0 Å². The van der Waals surface area contributed by atoms with Gasteiger partial charge in [0.05, 0.1) is 44.7 Å². The highest BCUT2D eigenvalue weighted by Crippen LogP contribution is 2.38. The van der Waals surface area contributed by atoms with E-state index in [9.17, 15) is 9.59 Å². The van der Waals surface area contributed by atoms with Crippen LogP contribution in [0.4, 0.5) is 0 Å². The average Bonchev–Trinajstić information content (AvgIpc) is 3.00. The monoisotopic (exact) mass is 394 g/mol. The number of quaternary nitrogens is 1. The number of aromatic nitrogens is 1. The lowest BCUT2D eigenvalue weighted by molar-refractivity contribution is -0.858. The van der Waals surface area contributed by atoms with Gasteiger partial charge in [-0.05, 0) is 29.8 Å². The summed E-state index contributed by atoms with van der Waals surface area (Å²) in [6.07, 6.45) is 4.17. The Balaban J connectivity index is 1.87. The number of pyridine rings is 1. The molecule has 7 nitrogen and oxygen atoms in total. The van der Waals surface area contributed by atoms with Gasteiger partial charge in [0.2, 0.25) is 5.76 Å². The summed E-state index contributed by atoms with van der Waals surface area (Å²) in [5.41, 5.74) is 1.43. The second-order valence-corrected chi connectivity index (χ2v) is 7.53. The van der Waals surface area contributed by atoms with Gasteiger partial charge >= 0.3 is 0 Å². The van der Waals surface area contributed by atoms with Gasteiger partial charge in [0.1, 0.15) is 11.3 Å². The predicted octanol–water partition coefficient (Wildman–Crippen LogP) is 1.28. The quantitative estimate of drug-likeness (QED) is 0.682. The molecule has 1 aliphatic heterocycles. The summed E-state index contributed by atoms with van der Waals surface area (Å²) in [4.78, 5) is 33.7. The topological polar surface area (TPSA) is 77.1 Å². The number of amides is 1. The molecular formula is C22H24N3O4+. The van der Waals surface area contributed by atoms with Crippen molar-refractivity contribution in [3.8, 4) is 5.75 Å². The highest BCUT2D eigenvalue weighted by atomic mass is 16.5. The van der Waals surface area contributed by atoms with E-state index >= 15 is 0 Å². The Kier molecular flexibility index (Phi) is 5.07. The Hall–Kier alpha value is -3.19. The Labute approximate surface area is 168 Å². The number of hydrogen-bond donors (Lipinski definition) is 1. The minimum atomic E-state index is -0.472. The molecule has 7 heteroatoms. The standard InChI is InChI=1S/C22H23N3O4/c1-24(2)11-4-12-25-19(14-7-9-23-10-8-14)18-20(26)16-6-5-15(28-3)13-17(16)29-21(18)22(25)27/h5-10,13,19H,4,11-12H2,1-3H3/p+1/t19-/m1/s1. The molecule has 1 amide bonds. The molecular weight excluding hydrogens is 370 g/mol. The number of carbonyl (C=O) groups is 1. The highest BCUT2D eigenvalue weighted by molar-refractivity contribution is 5.99. The molecule has 0 bridgehead atoms. The van der Waals surface area contributed by atoms with Crippen molar-refractivity contribution in [2.75, 3.05) is 34.3 Å². The maximum Gasteiger partial charge on any atom is 0.290 e. The molecule has 1 N–H and O–H groups in total. The summed E-state index contributed by atoms with van der Waals surface area (Å²) in [6, 6.07) is 8.27. The van der Waals surface area contributed by atoms with Gasteiger partial charge in [-0.15, -0.1) is 0 Å². The van der Waals surface area contributed by atoms with Crippen molar-refractivity contribution in [1.82, 2.24) is 9.88 Å². The van der Waals surface area contributed by atoms with E-state index < -0.39 is 6.04 Å². The smallest absolute Gasteiger partial charge is 0.290 e. The molecule has 1 atom stereocenters. The van der Waals surface area contributed by atoms with E-state index in [0.717, 1.165) is 18.5 Å². The zero-order valence-electron chi connectivity index (χ0n) is 16.8. The Morgan fingerprint density at radius 3 is 2.62 bits per heavy atom. The van der Waals surface area contributed by atoms with Gasteiger partial charge in [0.15, 0.2) is 5.43 Å². The highest BCUT2D eigenvalue weighted by Gasteiger charge is 2.42. The van der Waals surface area contributed by atoms with Crippen molar-refractivity contribution in [1.29, 1.82) is 0 Å². The van der Waals surface area contributed by atoms with Gasteiger partial charge in [-0.3, -0.25) is 14.6 Å². The zero-order valence-corrected chi connectivity index (χ0v) is 16.8. The maximum atomic E-state index is 13.4. The first-order valence-corrected chi connectivity index (χ1v) is 9.66. The van der Waals surface area contributed by atoms with Crippen LogP contribution in [0.3, 0.4) is 0 Å². The first kappa shape index (κ1) is 19.1. The number of benzene rings is 1. The zero-order chi connectivity index (χ0) is 20.5. The minimum Gasteiger partial charge on any atom is -0.497 e. The van der Waals surface area contributed by atoms with Crippen LogP contribution in [0.15, 0.2) is 51.9 Å². The number of methoxy groups -OCH3 is 1. The number of rotatable bonds is 6. The van der Waals surface area contributed by atoms with E-state index in [1.165, 1.54) is 4.90 Å². The summed E-state index contributed by atoms with van der Waals surface area (Å²) in [7, 11) is 5.70. The van der Waals surface area contributed by atoms with E-state index in [0.29, 0.717) is 28.8 Å². The molecule has 29 heavy (non-hydrogen) atoms. The van der Waals surface area contributed by atoms with Crippen LogP contribution in [-0.4, -0.2) is 50.1 Å². The number of ether oxygens (including phenoxy) is 1. The largest absolute Gasteiger partial charge is 0.497 e. The molecule has 0 fully saturated rings. The van der Waals surface area contributed by atoms with Gasteiger partial charge in [0.25, 0.3) is 5.91 Å². The van der Waals surface area contributed by atoms with Crippen molar-refractivity contribution < 1.29 is 18.8 Å². The summed E-state index contributed by atoms with van der Waals surface area (Å²) < 4.78 is 11.2. The molecule has 0 aliphatic carbocycles. The third-order valence-electron chi connectivity index (χ3n) is 5.27. The molecule has 4 rings (SSSR count). The summed E-state index contributed by atoms with van der Waals surface area (Å²) in [5.74, 6) is 0.440. The van der Waals surface area contributed by atoms with Gasteiger partial charge in [-0.1, -0.05) is 0 Å². The number of carbonyl (C=O) groups excluding carboxylic acids is 1. The van der Waals surface area contributed by atoms with Crippen LogP contribution in [-0.2, 0) is 0 Å². The first-order valence-electron chi connectivity index (χ1n) is 9.66. The van der Waals surface area contributed by atoms with Crippen molar-refractivity contribution in [2.45, 2.75) is 12.5 Å². The number of hydrogen-bond acceptors (Lipinski definition) is 5. The van der Waals surface area contributed by atoms with E-state index in [1.807, 2.05) is 12.1 Å². The fraction of sp³-hybridized carbons (Fsp3) is 0.318. The summed E-state index contributed by atoms with van der Waals surface area (Å²) in [5, 5.41) is 0.441. The third kappa shape index (κ3) is 3.38. The fourth-order valence-corrected chi connectivity index (χ4v) is 3.85. The second kappa shape index (κ2) is 7.67. The van der Waals surface area contributed by atoms with Crippen LogP contribution in [0.1, 0.15) is 34.1 Å². The lowest BCUT2D eigenvalue weighted by Crippen LogP contribution is -3.05. The molecule has 1 aromatic carbocycles. The molecule has 2 aromatic heterocycles. The van der Waals surface area contributed by atoms with Gasteiger partial charge < -0.3 is 19.0 Å². The third-order valence-corrected chi connectivity index (χ3v) is 5.27. The van der Waals surface area contributed by atoms with E-state index in [1.54, 1.807) is 42.6 Å². The minimum absolute atomic E-state index is 0.120. The molecule has 150 valence electrons. The Bertz CT molecular complexity index is 1110. The Morgan fingerprint density at radius 2 is 1.93 bits per heavy atom. The van der Waals surface area contributed by atoms with Crippen LogP contribution < -0.4 is 15.1 Å². The molecule has 3 aromatic rings. The van der Waals surface area contributed by atoms with Crippen molar-refractivity contribution >= 4 is 16.9 Å². The number of nitrogens with zero attached hydrogens (tertiary/aromatic N) is 2. The average molecular weight is 394 g/mol. The second-order valence-electron chi connectivity index (χ2n) is 7.53. The van der Waals surface area contributed by atoms with E-state index in [-0.39, 0.29) is 17.1 Å². The molecule has 0 radical (unpaired) electrons. The van der Waals surface area contributed by atoms with Crippen LogP contribution in [0.5, 0.6) is 5.75 Å². The Morgan fingerprint density at radius 1 is 1.17 bits per heavy atom. The molecule has 1 aliphatic rings. The van der Waals surface area contributed by atoms with Crippen LogP contribution in [0.2, 0.25) is 0 Å². The molecule has 0 unspecified atom stereocenters. The van der Waals surface area contributed by atoms with Gasteiger partial charge in [-0.25, -0.2) is 0 Å². The molecule has 0 spiro atoms. The van der Waals surface area contributed by atoms with Crippen LogP contribution >= 0.6 is 0 Å². The molecule has 0 saturated carbocycles. The summed E-state index contributed by atoms with van der Waals surface area (Å²) >= 11 is 0. The lowest BCUT2D eigenvalue weighted by Gasteiger charge is -2.25. The summed E-state index contributed by atoms with van der Waals surface area (Å²) in [6.45, 7) is 1.46. The normalized spacial score (nSPS) is 15.9. The maximum absolute atomic E-state index is 13.4. The lowest BCUT2D eigenvalue weighted by atomic mass is 9.99. The fourth-order valence-electron chi connectivity index (χ4n) is 3.85. The van der Waals surface area contributed by atoms with Crippen molar-refractivity contribution in [2.24, 2.45) is 0 Å². The SMILES string of the molecule is COc1ccc2c(=O)c3c(oc2c1)C(=O)N(CCC[NH+](C)C)[C@@H]3c1ccncc1. The molecule has 0 saturated heterocycles. The van der Waals surface area contributed by atoms with Crippen molar-refractivity contribution in [3.63, 3.8) is 0 Å². The van der Waals surface area contributed by atoms with Crippen molar-refractivity contribution in [3.05, 3.63) is 69.8 Å². The van der Waals surface area contributed by atoms with Gasteiger partial charge in [-0.2, -0.15) is 0 Å². The van der Waals surface area contributed by atoms with Gasteiger partial charge in [0, 0.05) is 31.4 Å².